The normalized spacial score (nSPS) is 11.5. The molecule has 142 valence electrons. The number of ketones is 1. The fourth-order valence-corrected chi connectivity index (χ4v) is 2.84. The van der Waals surface area contributed by atoms with Crippen molar-refractivity contribution in [2.45, 2.75) is 20.0 Å². The van der Waals surface area contributed by atoms with Crippen LogP contribution in [0.1, 0.15) is 28.4 Å². The maximum absolute atomic E-state index is 12.8. The average molecular weight is 394 g/mol. The lowest BCUT2D eigenvalue weighted by Gasteiger charge is -2.17. The smallest absolute Gasteiger partial charge is 0.265 e. The summed E-state index contributed by atoms with van der Waals surface area (Å²) in [6.45, 7) is 3.52. The van der Waals surface area contributed by atoms with Gasteiger partial charge in [0.15, 0.2) is 11.9 Å². The van der Waals surface area contributed by atoms with Crippen molar-refractivity contribution < 1.29 is 14.3 Å². The Labute approximate surface area is 169 Å². The SMILES string of the molecule is Cc1cc(OC(C)C(=O)Nc2ccccc2C(=O)c2ccccc2)ccc1Cl. The van der Waals surface area contributed by atoms with Crippen LogP contribution in [0.4, 0.5) is 5.69 Å². The van der Waals surface area contributed by atoms with E-state index in [2.05, 4.69) is 5.32 Å². The van der Waals surface area contributed by atoms with Crippen LogP contribution in [-0.4, -0.2) is 17.8 Å². The second kappa shape index (κ2) is 8.72. The van der Waals surface area contributed by atoms with Crippen molar-refractivity contribution in [2.75, 3.05) is 5.32 Å². The van der Waals surface area contributed by atoms with Gasteiger partial charge in [-0.2, -0.15) is 0 Å². The topological polar surface area (TPSA) is 55.4 Å². The molecule has 0 bridgehead atoms. The summed E-state index contributed by atoms with van der Waals surface area (Å²) in [6, 6.07) is 21.1. The molecule has 3 rings (SSSR count). The van der Waals surface area contributed by atoms with Crippen LogP contribution in [0.5, 0.6) is 5.75 Å². The molecule has 1 N–H and O–H groups in total. The molecule has 28 heavy (non-hydrogen) atoms. The number of carbonyl (C=O) groups excluding carboxylic acids is 2. The molecule has 0 aromatic heterocycles. The van der Waals surface area contributed by atoms with E-state index in [0.717, 1.165) is 5.56 Å². The van der Waals surface area contributed by atoms with Crippen molar-refractivity contribution in [3.8, 4) is 5.75 Å². The van der Waals surface area contributed by atoms with E-state index >= 15 is 0 Å². The number of anilines is 1. The molecule has 1 amide bonds. The Morgan fingerprint density at radius 1 is 0.964 bits per heavy atom. The van der Waals surface area contributed by atoms with Crippen LogP contribution >= 0.6 is 11.6 Å². The first-order valence-corrected chi connectivity index (χ1v) is 9.26. The maximum atomic E-state index is 12.8. The highest BCUT2D eigenvalue weighted by atomic mass is 35.5. The lowest BCUT2D eigenvalue weighted by Crippen LogP contribution is -2.30. The lowest BCUT2D eigenvalue weighted by molar-refractivity contribution is -0.122. The molecule has 4 nitrogen and oxygen atoms in total. The molecule has 0 fully saturated rings. The summed E-state index contributed by atoms with van der Waals surface area (Å²) in [5.74, 6) is 0.0532. The Morgan fingerprint density at radius 3 is 2.36 bits per heavy atom. The third kappa shape index (κ3) is 4.59. The Bertz CT molecular complexity index is 1000. The van der Waals surface area contributed by atoms with Gasteiger partial charge in [0.1, 0.15) is 5.75 Å². The number of carbonyl (C=O) groups is 2. The highest BCUT2D eigenvalue weighted by Crippen LogP contribution is 2.23. The first kappa shape index (κ1) is 19.6. The van der Waals surface area contributed by atoms with Crippen molar-refractivity contribution in [1.29, 1.82) is 0 Å². The second-order valence-corrected chi connectivity index (χ2v) is 6.81. The van der Waals surface area contributed by atoms with Gasteiger partial charge in [0, 0.05) is 16.1 Å². The van der Waals surface area contributed by atoms with Crippen LogP contribution < -0.4 is 10.1 Å². The number of halogens is 1. The third-order valence-electron chi connectivity index (χ3n) is 4.28. The molecule has 3 aromatic rings. The Morgan fingerprint density at radius 2 is 1.64 bits per heavy atom. The fraction of sp³-hybridized carbons (Fsp3) is 0.130. The number of hydrogen-bond donors (Lipinski definition) is 1. The fourth-order valence-electron chi connectivity index (χ4n) is 2.72. The molecule has 1 atom stereocenters. The van der Waals surface area contributed by atoms with E-state index in [1.54, 1.807) is 73.7 Å². The van der Waals surface area contributed by atoms with Gasteiger partial charge in [-0.25, -0.2) is 0 Å². The number of hydrogen-bond acceptors (Lipinski definition) is 3. The number of ether oxygens (including phenoxy) is 1. The van der Waals surface area contributed by atoms with Crippen molar-refractivity contribution in [3.05, 3.63) is 94.5 Å². The zero-order valence-electron chi connectivity index (χ0n) is 15.6. The van der Waals surface area contributed by atoms with E-state index in [4.69, 9.17) is 16.3 Å². The Kier molecular flexibility index (Phi) is 6.12. The van der Waals surface area contributed by atoms with Gasteiger partial charge < -0.3 is 10.1 Å². The molecule has 0 heterocycles. The van der Waals surface area contributed by atoms with Gasteiger partial charge in [-0.15, -0.1) is 0 Å². The van der Waals surface area contributed by atoms with Crippen molar-refractivity contribution in [1.82, 2.24) is 0 Å². The summed E-state index contributed by atoms with van der Waals surface area (Å²) in [5, 5.41) is 3.43. The van der Waals surface area contributed by atoms with Gasteiger partial charge in [-0.3, -0.25) is 9.59 Å². The molecule has 0 radical (unpaired) electrons. The lowest BCUT2D eigenvalue weighted by atomic mass is 10.0. The van der Waals surface area contributed by atoms with Crippen LogP contribution in [0.2, 0.25) is 5.02 Å². The van der Waals surface area contributed by atoms with E-state index in [1.807, 2.05) is 13.0 Å². The number of aryl methyl sites for hydroxylation is 1. The summed E-state index contributed by atoms with van der Waals surface area (Å²) >= 11 is 6.02. The van der Waals surface area contributed by atoms with Crippen molar-refractivity contribution in [3.63, 3.8) is 0 Å². The molecule has 0 spiro atoms. The minimum Gasteiger partial charge on any atom is -0.481 e. The minimum absolute atomic E-state index is 0.154. The van der Waals surface area contributed by atoms with Gasteiger partial charge >= 0.3 is 0 Å². The molecule has 0 aliphatic heterocycles. The third-order valence-corrected chi connectivity index (χ3v) is 4.70. The van der Waals surface area contributed by atoms with Crippen LogP contribution in [-0.2, 0) is 4.79 Å². The molecule has 0 aliphatic rings. The Balaban J connectivity index is 1.75. The summed E-state index contributed by atoms with van der Waals surface area (Å²) in [5.41, 5.74) is 2.30. The van der Waals surface area contributed by atoms with Gasteiger partial charge in [0.05, 0.1) is 5.69 Å². The average Bonchev–Trinajstić information content (AvgIpc) is 2.71. The molecule has 3 aromatic carbocycles. The summed E-state index contributed by atoms with van der Waals surface area (Å²) in [4.78, 5) is 25.4. The molecular weight excluding hydrogens is 374 g/mol. The summed E-state index contributed by atoms with van der Waals surface area (Å²) in [6.07, 6.45) is -0.750. The van der Waals surface area contributed by atoms with E-state index in [0.29, 0.717) is 27.6 Å². The Hall–Kier alpha value is -3.11. The summed E-state index contributed by atoms with van der Waals surface area (Å²) in [7, 11) is 0. The zero-order chi connectivity index (χ0) is 20.1. The van der Waals surface area contributed by atoms with Crippen LogP contribution in [0.25, 0.3) is 0 Å². The largest absolute Gasteiger partial charge is 0.481 e. The molecule has 0 saturated heterocycles. The number of para-hydroxylation sites is 1. The van der Waals surface area contributed by atoms with Gasteiger partial charge in [-0.1, -0.05) is 54.1 Å². The maximum Gasteiger partial charge on any atom is 0.265 e. The first-order chi connectivity index (χ1) is 13.5. The number of rotatable bonds is 6. The standard InChI is InChI=1S/C23H20ClNO3/c1-15-14-18(12-13-20(15)24)28-16(2)23(27)25-21-11-7-6-10-19(21)22(26)17-8-4-3-5-9-17/h3-14,16H,1-2H3,(H,25,27). The molecule has 0 aliphatic carbocycles. The minimum atomic E-state index is -0.750. The first-order valence-electron chi connectivity index (χ1n) is 8.88. The van der Waals surface area contributed by atoms with E-state index in [1.165, 1.54) is 0 Å². The van der Waals surface area contributed by atoms with E-state index in [9.17, 15) is 9.59 Å². The molecular formula is C23H20ClNO3. The number of benzene rings is 3. The number of amides is 1. The van der Waals surface area contributed by atoms with Gasteiger partial charge in [0.25, 0.3) is 5.91 Å². The summed E-state index contributed by atoms with van der Waals surface area (Å²) < 4.78 is 5.71. The van der Waals surface area contributed by atoms with Gasteiger partial charge in [0.2, 0.25) is 0 Å². The monoisotopic (exact) mass is 393 g/mol. The second-order valence-electron chi connectivity index (χ2n) is 6.40. The molecule has 0 saturated carbocycles. The predicted molar refractivity (Wildman–Crippen MR) is 111 cm³/mol. The quantitative estimate of drug-likeness (QED) is 0.579. The van der Waals surface area contributed by atoms with Crippen molar-refractivity contribution >= 4 is 29.0 Å². The highest BCUT2D eigenvalue weighted by Gasteiger charge is 2.19. The predicted octanol–water partition coefficient (Wildman–Crippen LogP) is 5.29. The molecule has 1 unspecified atom stereocenters. The van der Waals surface area contributed by atoms with Crippen LogP contribution in [0.15, 0.2) is 72.8 Å². The zero-order valence-corrected chi connectivity index (χ0v) is 16.4. The van der Waals surface area contributed by atoms with Gasteiger partial charge in [-0.05, 0) is 49.7 Å². The highest BCUT2D eigenvalue weighted by molar-refractivity contribution is 6.31. The van der Waals surface area contributed by atoms with Crippen LogP contribution in [0.3, 0.4) is 0 Å². The molecule has 5 heteroatoms. The van der Waals surface area contributed by atoms with E-state index < -0.39 is 6.10 Å². The van der Waals surface area contributed by atoms with Crippen LogP contribution in [0, 0.1) is 6.92 Å². The number of nitrogens with one attached hydrogen (secondary N) is 1. The van der Waals surface area contributed by atoms with Crippen molar-refractivity contribution in [2.24, 2.45) is 0 Å². The van der Waals surface area contributed by atoms with E-state index in [-0.39, 0.29) is 11.7 Å².